The molecule has 1 rings (SSSR count). The van der Waals surface area contributed by atoms with Crippen LogP contribution >= 0.6 is 0 Å². The Kier molecular flexibility index (Phi) is 8.19. The highest BCUT2D eigenvalue weighted by molar-refractivity contribution is 5.95. The third kappa shape index (κ3) is 6.64. The summed E-state index contributed by atoms with van der Waals surface area (Å²) in [4.78, 5) is 46.7. The maximum atomic E-state index is 13.5. The Labute approximate surface area is 170 Å². The molecule has 0 radical (unpaired) electrons. The average Bonchev–Trinajstić information content (AvgIpc) is 2.65. The van der Waals surface area contributed by atoms with E-state index in [1.54, 1.807) is 30.3 Å². The third-order valence-corrected chi connectivity index (χ3v) is 4.06. The molecule has 9 nitrogen and oxygen atoms in total. The van der Waals surface area contributed by atoms with Crippen LogP contribution in [0.2, 0.25) is 0 Å². The highest BCUT2D eigenvalue weighted by Gasteiger charge is 2.58. The molecule has 0 aliphatic rings. The van der Waals surface area contributed by atoms with E-state index in [-0.39, 0.29) is 6.61 Å². The van der Waals surface area contributed by atoms with Crippen molar-refractivity contribution < 1.29 is 42.2 Å². The predicted octanol–water partition coefficient (Wildman–Crippen LogP) is 1.33. The van der Waals surface area contributed by atoms with E-state index in [1.807, 2.05) is 10.6 Å². The molecular weight excluding hydrogens is 411 g/mol. The van der Waals surface area contributed by atoms with Crippen molar-refractivity contribution in [2.75, 3.05) is 0 Å². The van der Waals surface area contributed by atoms with Gasteiger partial charge in [-0.1, -0.05) is 30.3 Å². The molecule has 3 amide bonds. The number of alkyl carbamates (subject to hydrolysis) is 1. The van der Waals surface area contributed by atoms with E-state index in [0.29, 0.717) is 12.5 Å². The van der Waals surface area contributed by atoms with Gasteiger partial charge < -0.3 is 20.5 Å². The Morgan fingerprint density at radius 1 is 1.03 bits per heavy atom. The van der Waals surface area contributed by atoms with Crippen molar-refractivity contribution in [1.29, 1.82) is 0 Å². The molecule has 12 heteroatoms. The van der Waals surface area contributed by atoms with Crippen molar-refractivity contribution in [2.24, 2.45) is 0 Å². The first kappa shape index (κ1) is 24.7. The van der Waals surface area contributed by atoms with Gasteiger partial charge in [-0.3, -0.25) is 19.7 Å². The number of carboxylic acid groups (broad SMARTS) is 1. The van der Waals surface area contributed by atoms with Crippen LogP contribution in [0.3, 0.4) is 0 Å². The summed E-state index contributed by atoms with van der Waals surface area (Å²) in [6, 6.07) is 5.31. The van der Waals surface area contributed by atoms with Crippen molar-refractivity contribution in [3.05, 3.63) is 35.9 Å². The number of rotatable bonds is 8. The Hall–Kier alpha value is -3.31. The van der Waals surface area contributed by atoms with Crippen molar-refractivity contribution >= 4 is 23.9 Å². The Morgan fingerprint density at radius 2 is 1.60 bits per heavy atom. The molecule has 30 heavy (non-hydrogen) atoms. The first-order valence-electron chi connectivity index (χ1n) is 8.67. The molecule has 0 aromatic heterocycles. The highest BCUT2D eigenvalue weighted by Crippen LogP contribution is 2.30. The number of aliphatic carboxylic acids is 1. The van der Waals surface area contributed by atoms with Crippen molar-refractivity contribution in [3.63, 3.8) is 0 Å². The van der Waals surface area contributed by atoms with Crippen molar-refractivity contribution in [2.45, 2.75) is 51.2 Å². The maximum Gasteiger partial charge on any atom is 0.420 e. The van der Waals surface area contributed by atoms with Crippen LogP contribution in [-0.4, -0.2) is 52.8 Å². The van der Waals surface area contributed by atoms with Crippen LogP contribution < -0.4 is 16.0 Å². The predicted molar refractivity (Wildman–Crippen MR) is 97.1 cm³/mol. The number of carbonyl (C=O) groups excluding carboxylic acids is 3. The molecule has 0 heterocycles. The molecule has 0 aliphatic heterocycles. The standard InChI is InChI=1S/C18H22F3N3O6/c1-10(13(25)22-11(2)14(26)27)23-15(28)17(3,18(19,20)21)24-16(29)30-9-12-7-5-4-6-8-12/h4-8,10-11H,9H2,1-3H3,(H,22,25)(H,23,28)(H,24,29)(H,26,27)/t10-,11-,17?/m0/s1. The molecule has 0 bridgehead atoms. The summed E-state index contributed by atoms with van der Waals surface area (Å²) in [7, 11) is 0. The number of hydrogen-bond donors (Lipinski definition) is 4. The number of carboxylic acids is 1. The van der Waals surface area contributed by atoms with Gasteiger partial charge in [-0.25, -0.2) is 4.79 Å². The summed E-state index contributed by atoms with van der Waals surface area (Å²) >= 11 is 0. The van der Waals surface area contributed by atoms with Crippen LogP contribution in [0, 0.1) is 0 Å². The number of hydrogen-bond acceptors (Lipinski definition) is 5. The Bertz CT molecular complexity index is 787. The lowest BCUT2D eigenvalue weighted by Gasteiger charge is -2.32. The smallest absolute Gasteiger partial charge is 0.420 e. The van der Waals surface area contributed by atoms with Crippen molar-refractivity contribution in [3.8, 4) is 0 Å². The molecule has 0 saturated heterocycles. The first-order chi connectivity index (χ1) is 13.8. The van der Waals surface area contributed by atoms with Gasteiger partial charge in [0, 0.05) is 0 Å². The van der Waals surface area contributed by atoms with Gasteiger partial charge in [-0.05, 0) is 26.3 Å². The number of ether oxygens (including phenoxy) is 1. The third-order valence-electron chi connectivity index (χ3n) is 4.06. The molecule has 1 aromatic carbocycles. The lowest BCUT2D eigenvalue weighted by Crippen LogP contribution is -2.67. The van der Waals surface area contributed by atoms with E-state index in [9.17, 15) is 32.3 Å². The van der Waals surface area contributed by atoms with Crippen molar-refractivity contribution in [1.82, 2.24) is 16.0 Å². The van der Waals surface area contributed by atoms with Gasteiger partial charge >= 0.3 is 18.2 Å². The summed E-state index contributed by atoms with van der Waals surface area (Å²) in [5.74, 6) is -4.11. The molecule has 0 aliphatic carbocycles. The Morgan fingerprint density at radius 3 is 2.10 bits per heavy atom. The van der Waals surface area contributed by atoms with E-state index < -0.39 is 47.7 Å². The monoisotopic (exact) mass is 433 g/mol. The van der Waals surface area contributed by atoms with Gasteiger partial charge in [0.25, 0.3) is 5.91 Å². The second-order valence-electron chi connectivity index (χ2n) is 6.57. The fraction of sp³-hybridized carbons (Fsp3) is 0.444. The number of alkyl halides is 3. The SMILES string of the molecule is C[C@H](NC(=O)[C@H](C)NC(=O)C(C)(NC(=O)OCc1ccccc1)C(F)(F)F)C(=O)O. The first-order valence-corrected chi connectivity index (χ1v) is 8.67. The molecule has 0 spiro atoms. The van der Waals surface area contributed by atoms with E-state index in [0.717, 1.165) is 13.8 Å². The van der Waals surface area contributed by atoms with Crippen LogP contribution in [0.25, 0.3) is 0 Å². The summed E-state index contributed by atoms with van der Waals surface area (Å²) in [6.07, 6.45) is -6.72. The molecule has 1 aromatic rings. The molecule has 1 unspecified atom stereocenters. The normalized spacial score (nSPS) is 15.1. The summed E-state index contributed by atoms with van der Waals surface area (Å²) < 4.78 is 45.3. The lowest BCUT2D eigenvalue weighted by molar-refractivity contribution is -0.194. The zero-order valence-corrected chi connectivity index (χ0v) is 16.4. The zero-order valence-electron chi connectivity index (χ0n) is 16.4. The minimum atomic E-state index is -5.23. The maximum absolute atomic E-state index is 13.5. The van der Waals surface area contributed by atoms with E-state index in [2.05, 4.69) is 0 Å². The van der Waals surface area contributed by atoms with Crippen LogP contribution in [-0.2, 0) is 25.7 Å². The van der Waals surface area contributed by atoms with Gasteiger partial charge in [-0.15, -0.1) is 0 Å². The van der Waals surface area contributed by atoms with Gasteiger partial charge in [0.1, 0.15) is 18.7 Å². The Balaban J connectivity index is 2.83. The van der Waals surface area contributed by atoms with Crippen LogP contribution in [0.1, 0.15) is 26.3 Å². The largest absolute Gasteiger partial charge is 0.480 e. The summed E-state index contributed by atoms with van der Waals surface area (Å²) in [6.45, 7) is 2.29. The number of nitrogens with one attached hydrogen (secondary N) is 3. The lowest BCUT2D eigenvalue weighted by atomic mass is 10.00. The van der Waals surface area contributed by atoms with Crippen LogP contribution in [0.4, 0.5) is 18.0 Å². The minimum absolute atomic E-state index is 0.325. The quantitative estimate of drug-likeness (QED) is 0.489. The summed E-state index contributed by atoms with van der Waals surface area (Å²) in [5.41, 5.74) is -2.89. The van der Waals surface area contributed by atoms with E-state index in [4.69, 9.17) is 9.84 Å². The van der Waals surface area contributed by atoms with Gasteiger partial charge in [0.2, 0.25) is 11.4 Å². The van der Waals surface area contributed by atoms with E-state index in [1.165, 1.54) is 5.32 Å². The minimum Gasteiger partial charge on any atom is -0.480 e. The van der Waals surface area contributed by atoms with Gasteiger partial charge in [-0.2, -0.15) is 13.2 Å². The van der Waals surface area contributed by atoms with Crippen LogP contribution in [0.5, 0.6) is 0 Å². The highest BCUT2D eigenvalue weighted by atomic mass is 19.4. The molecule has 0 saturated carbocycles. The number of amides is 3. The number of benzene rings is 1. The van der Waals surface area contributed by atoms with Gasteiger partial charge in [0.05, 0.1) is 0 Å². The van der Waals surface area contributed by atoms with Gasteiger partial charge in [0.15, 0.2) is 0 Å². The zero-order chi connectivity index (χ0) is 23.1. The molecule has 4 N–H and O–H groups in total. The fourth-order valence-corrected chi connectivity index (χ4v) is 2.03. The van der Waals surface area contributed by atoms with Crippen LogP contribution in [0.15, 0.2) is 30.3 Å². The number of halogens is 3. The second-order valence-corrected chi connectivity index (χ2v) is 6.57. The topological polar surface area (TPSA) is 134 Å². The molecule has 166 valence electrons. The average molecular weight is 433 g/mol. The molecular formula is C18H22F3N3O6. The van der Waals surface area contributed by atoms with E-state index >= 15 is 0 Å². The molecule has 3 atom stereocenters. The summed E-state index contributed by atoms with van der Waals surface area (Å²) in [5, 5.41) is 14.1. The fourth-order valence-electron chi connectivity index (χ4n) is 2.03. The second kappa shape index (κ2) is 9.94. The number of carbonyl (C=O) groups is 4. The molecule has 0 fully saturated rings.